The van der Waals surface area contributed by atoms with Crippen molar-refractivity contribution in [2.75, 3.05) is 13.2 Å². The minimum atomic E-state index is -0.0284. The van der Waals surface area contributed by atoms with Crippen molar-refractivity contribution in [1.82, 2.24) is 0 Å². The summed E-state index contributed by atoms with van der Waals surface area (Å²) in [6.45, 7) is 3.36. The minimum absolute atomic E-state index is 0.0284. The first-order valence-corrected chi connectivity index (χ1v) is 4.32. The van der Waals surface area contributed by atoms with Crippen molar-refractivity contribution >= 4 is 11.8 Å². The first-order valence-electron chi connectivity index (χ1n) is 3.44. The van der Waals surface area contributed by atoms with Gasteiger partial charge in [0.1, 0.15) is 4.93 Å². The molecule has 0 amide bonds. The Labute approximate surface area is 65.8 Å². The quantitative estimate of drug-likeness (QED) is 0.674. The molecule has 1 aliphatic heterocycles. The average molecular weight is 159 g/mol. The van der Waals surface area contributed by atoms with Crippen LogP contribution in [0.4, 0.5) is 0 Å². The van der Waals surface area contributed by atoms with Gasteiger partial charge in [-0.1, -0.05) is 17.8 Å². The van der Waals surface area contributed by atoms with E-state index >= 15 is 0 Å². The maximum Gasteiger partial charge on any atom is 0.118 e. The summed E-state index contributed by atoms with van der Waals surface area (Å²) >= 11 is 1.73. The van der Waals surface area contributed by atoms with E-state index in [1.54, 1.807) is 11.8 Å². The zero-order valence-corrected chi connectivity index (χ0v) is 6.99. The maximum absolute atomic E-state index is 5.52. The van der Waals surface area contributed by atoms with Crippen LogP contribution in [0, 0.1) is 0 Å². The van der Waals surface area contributed by atoms with Crippen molar-refractivity contribution in [3.05, 3.63) is 11.5 Å². The fourth-order valence-corrected chi connectivity index (χ4v) is 1.69. The molecule has 1 atom stereocenters. The van der Waals surface area contributed by atoms with Gasteiger partial charge in [0.2, 0.25) is 0 Å². The Bertz CT molecular complexity index is 128. The van der Waals surface area contributed by atoms with Crippen molar-refractivity contribution < 1.29 is 4.74 Å². The highest BCUT2D eigenvalue weighted by Gasteiger charge is 2.26. The van der Waals surface area contributed by atoms with Gasteiger partial charge in [-0.15, -0.1) is 0 Å². The van der Waals surface area contributed by atoms with Crippen LogP contribution in [0.1, 0.15) is 13.3 Å². The Morgan fingerprint density at radius 3 is 3.10 bits per heavy atom. The number of rotatable bonds is 3. The summed E-state index contributed by atoms with van der Waals surface area (Å²) in [6, 6.07) is 0. The van der Waals surface area contributed by atoms with Crippen molar-refractivity contribution in [2.24, 2.45) is 5.73 Å². The fraction of sp³-hybridized carbons (Fsp3) is 0.714. The molecule has 1 rings (SSSR count). The van der Waals surface area contributed by atoms with E-state index in [4.69, 9.17) is 10.5 Å². The van der Waals surface area contributed by atoms with E-state index in [9.17, 15) is 0 Å². The minimum Gasteiger partial charge on any atom is -0.363 e. The predicted octanol–water partition coefficient (Wildman–Crippen LogP) is 1.33. The van der Waals surface area contributed by atoms with Crippen LogP contribution in [0.5, 0.6) is 0 Å². The fourth-order valence-electron chi connectivity index (χ4n) is 0.870. The summed E-state index contributed by atoms with van der Waals surface area (Å²) in [5.41, 5.74) is 5.31. The molecule has 0 radical (unpaired) electrons. The molecule has 1 unspecified atom stereocenters. The van der Waals surface area contributed by atoms with Crippen LogP contribution in [-0.4, -0.2) is 18.1 Å². The molecule has 0 spiro atoms. The van der Waals surface area contributed by atoms with Gasteiger partial charge in [0.15, 0.2) is 0 Å². The normalized spacial score (nSPS) is 31.4. The monoisotopic (exact) mass is 159 g/mol. The number of hydrogen-bond donors (Lipinski definition) is 1. The van der Waals surface area contributed by atoms with Gasteiger partial charge in [0.25, 0.3) is 0 Å². The van der Waals surface area contributed by atoms with Gasteiger partial charge < -0.3 is 10.5 Å². The van der Waals surface area contributed by atoms with Crippen LogP contribution in [0.2, 0.25) is 0 Å². The van der Waals surface area contributed by atoms with Crippen molar-refractivity contribution in [2.45, 2.75) is 18.3 Å². The molecule has 0 aromatic rings. The van der Waals surface area contributed by atoms with Crippen molar-refractivity contribution in [1.29, 1.82) is 0 Å². The number of hydrogen-bond acceptors (Lipinski definition) is 3. The van der Waals surface area contributed by atoms with Crippen molar-refractivity contribution in [3.8, 4) is 0 Å². The molecule has 0 saturated heterocycles. The lowest BCUT2D eigenvalue weighted by Gasteiger charge is -2.22. The number of nitrogens with two attached hydrogens (primary N) is 1. The van der Waals surface area contributed by atoms with Crippen molar-refractivity contribution in [3.63, 3.8) is 0 Å². The van der Waals surface area contributed by atoms with E-state index in [0.717, 1.165) is 6.42 Å². The van der Waals surface area contributed by atoms with Gasteiger partial charge in [-0.25, -0.2) is 0 Å². The lowest BCUT2D eigenvalue weighted by Crippen LogP contribution is -2.24. The molecule has 10 heavy (non-hydrogen) atoms. The smallest absolute Gasteiger partial charge is 0.118 e. The second kappa shape index (κ2) is 3.42. The van der Waals surface area contributed by atoms with Crippen LogP contribution in [0.3, 0.4) is 0 Å². The predicted molar refractivity (Wildman–Crippen MR) is 44.8 cm³/mol. The van der Waals surface area contributed by atoms with Gasteiger partial charge >= 0.3 is 0 Å². The molecular weight excluding hydrogens is 146 g/mol. The molecule has 2 N–H and O–H groups in total. The summed E-state index contributed by atoms with van der Waals surface area (Å²) in [5, 5.41) is 2.08. The van der Waals surface area contributed by atoms with E-state index < -0.39 is 0 Å². The zero-order valence-electron chi connectivity index (χ0n) is 6.17. The number of thioether (sulfide) groups is 1. The molecule has 0 bridgehead atoms. The summed E-state index contributed by atoms with van der Waals surface area (Å²) in [7, 11) is 0. The third-order valence-electron chi connectivity index (χ3n) is 1.43. The van der Waals surface area contributed by atoms with Crippen LogP contribution in [-0.2, 0) is 4.74 Å². The lowest BCUT2D eigenvalue weighted by atomic mass is 10.3. The average Bonchev–Trinajstić information content (AvgIpc) is 2.33. The largest absolute Gasteiger partial charge is 0.363 e. The standard InChI is InChI=1S/C7H13NOS/c1-7(9-5-4-8)3-2-6-10-7/h2,6H,3-5,8H2,1H3. The third kappa shape index (κ3) is 2.01. The lowest BCUT2D eigenvalue weighted by molar-refractivity contribution is 0.0489. The Kier molecular flexibility index (Phi) is 2.77. The summed E-state index contributed by atoms with van der Waals surface area (Å²) in [6.07, 6.45) is 3.12. The maximum atomic E-state index is 5.52. The molecular formula is C7H13NOS. The van der Waals surface area contributed by atoms with E-state index in [1.165, 1.54) is 0 Å². The van der Waals surface area contributed by atoms with Crippen LogP contribution in [0.25, 0.3) is 0 Å². The molecule has 0 aromatic carbocycles. The highest BCUT2D eigenvalue weighted by Crippen LogP contribution is 2.36. The first-order chi connectivity index (χ1) is 4.77. The van der Waals surface area contributed by atoms with E-state index in [2.05, 4.69) is 18.4 Å². The SMILES string of the molecule is CC1(OCCN)CC=CS1. The summed E-state index contributed by atoms with van der Waals surface area (Å²) < 4.78 is 5.52. The molecule has 3 heteroatoms. The summed E-state index contributed by atoms with van der Waals surface area (Å²) in [5.74, 6) is 0. The first kappa shape index (κ1) is 8.11. The molecule has 1 heterocycles. The zero-order chi connectivity index (χ0) is 7.45. The second-order valence-electron chi connectivity index (χ2n) is 2.46. The topological polar surface area (TPSA) is 35.2 Å². The van der Waals surface area contributed by atoms with Crippen LogP contribution >= 0.6 is 11.8 Å². The Morgan fingerprint density at radius 1 is 1.80 bits per heavy atom. The Hall–Kier alpha value is 0.01000. The molecule has 1 aliphatic rings. The van der Waals surface area contributed by atoms with Crippen LogP contribution < -0.4 is 5.73 Å². The Morgan fingerprint density at radius 2 is 2.60 bits per heavy atom. The number of ether oxygens (including phenoxy) is 1. The Balaban J connectivity index is 2.24. The van der Waals surface area contributed by atoms with Gasteiger partial charge in [-0.3, -0.25) is 0 Å². The van der Waals surface area contributed by atoms with Crippen LogP contribution in [0.15, 0.2) is 11.5 Å². The highest BCUT2D eigenvalue weighted by atomic mass is 32.2. The molecule has 0 aliphatic carbocycles. The molecule has 0 aromatic heterocycles. The highest BCUT2D eigenvalue weighted by molar-refractivity contribution is 8.03. The molecule has 58 valence electrons. The van der Waals surface area contributed by atoms with E-state index in [-0.39, 0.29) is 4.93 Å². The van der Waals surface area contributed by atoms with Gasteiger partial charge in [-0.05, 0) is 12.3 Å². The van der Waals surface area contributed by atoms with Gasteiger partial charge in [-0.2, -0.15) is 0 Å². The van der Waals surface area contributed by atoms with E-state index in [1.807, 2.05) is 0 Å². The van der Waals surface area contributed by atoms with Gasteiger partial charge in [0.05, 0.1) is 6.61 Å². The molecule has 2 nitrogen and oxygen atoms in total. The second-order valence-corrected chi connectivity index (χ2v) is 3.84. The summed E-state index contributed by atoms with van der Waals surface area (Å²) in [4.78, 5) is -0.0284. The van der Waals surface area contributed by atoms with Gasteiger partial charge in [0, 0.05) is 13.0 Å². The molecule has 0 fully saturated rings. The van der Waals surface area contributed by atoms with E-state index in [0.29, 0.717) is 13.2 Å². The molecule has 0 saturated carbocycles. The third-order valence-corrected chi connectivity index (χ3v) is 2.54.